The number of hydrogen-bond acceptors (Lipinski definition) is 2. The van der Waals surface area contributed by atoms with Gasteiger partial charge in [-0.05, 0) is 35.9 Å². The third kappa shape index (κ3) is 2.28. The van der Waals surface area contributed by atoms with Crippen molar-refractivity contribution in [3.63, 3.8) is 0 Å². The van der Waals surface area contributed by atoms with Gasteiger partial charge >= 0.3 is 0 Å². The van der Waals surface area contributed by atoms with E-state index in [9.17, 15) is 8.78 Å². The van der Waals surface area contributed by atoms with Crippen molar-refractivity contribution in [3.05, 3.63) is 59.9 Å². The number of fused-ring (bicyclic) bond motifs is 1. The first-order valence-electron chi connectivity index (χ1n) is 6.09. The van der Waals surface area contributed by atoms with Crippen molar-refractivity contribution in [2.24, 2.45) is 0 Å². The monoisotopic (exact) mass is 274 g/mol. The van der Waals surface area contributed by atoms with Gasteiger partial charge in [-0.25, -0.2) is 13.8 Å². The van der Waals surface area contributed by atoms with Crippen LogP contribution >= 0.6 is 0 Å². The molecule has 3 aromatic rings. The molecule has 0 unspecified atom stereocenters. The molecule has 0 bridgehead atoms. The van der Waals surface area contributed by atoms with Crippen molar-refractivity contribution in [2.75, 3.05) is 7.11 Å². The molecule has 0 fully saturated rings. The molecule has 0 saturated heterocycles. The molecule has 0 atom stereocenters. The molecular formula is C15H12F2N2O. The molecule has 102 valence electrons. The van der Waals surface area contributed by atoms with Gasteiger partial charge in [0.1, 0.15) is 17.3 Å². The molecular weight excluding hydrogens is 262 g/mol. The second kappa shape index (κ2) is 5.02. The summed E-state index contributed by atoms with van der Waals surface area (Å²) in [6, 6.07) is 7.08. The average Bonchev–Trinajstić information content (AvgIpc) is 2.85. The lowest BCUT2D eigenvalue weighted by Gasteiger charge is -1.99. The number of aromatic nitrogens is 2. The predicted molar refractivity (Wildman–Crippen MR) is 71.3 cm³/mol. The van der Waals surface area contributed by atoms with Crippen LogP contribution in [0.2, 0.25) is 0 Å². The summed E-state index contributed by atoms with van der Waals surface area (Å²) in [6.07, 6.45) is 3.49. The highest BCUT2D eigenvalue weighted by Crippen LogP contribution is 2.23. The summed E-state index contributed by atoms with van der Waals surface area (Å²) in [7, 11) is 1.61. The Kier molecular flexibility index (Phi) is 3.20. The topological polar surface area (TPSA) is 26.5 Å². The van der Waals surface area contributed by atoms with E-state index in [4.69, 9.17) is 4.74 Å². The van der Waals surface area contributed by atoms with E-state index in [0.29, 0.717) is 17.9 Å². The molecule has 0 amide bonds. The van der Waals surface area contributed by atoms with Gasteiger partial charge in [0.25, 0.3) is 0 Å². The number of imidazole rings is 1. The molecule has 2 aromatic heterocycles. The first-order valence-corrected chi connectivity index (χ1v) is 6.09. The van der Waals surface area contributed by atoms with E-state index in [1.165, 1.54) is 0 Å². The van der Waals surface area contributed by atoms with Crippen LogP contribution in [0.15, 0.2) is 42.7 Å². The van der Waals surface area contributed by atoms with E-state index in [1.54, 1.807) is 17.7 Å². The van der Waals surface area contributed by atoms with E-state index < -0.39 is 11.6 Å². The zero-order valence-corrected chi connectivity index (χ0v) is 10.8. The van der Waals surface area contributed by atoms with Crippen LogP contribution in [0.3, 0.4) is 0 Å². The van der Waals surface area contributed by atoms with Gasteiger partial charge in [-0.3, -0.25) is 0 Å². The summed E-state index contributed by atoms with van der Waals surface area (Å²) in [5.41, 5.74) is 2.19. The second-order valence-electron chi connectivity index (χ2n) is 4.48. The smallest absolute Gasteiger partial charge is 0.137 e. The highest BCUT2D eigenvalue weighted by Gasteiger charge is 2.11. The molecule has 5 heteroatoms. The van der Waals surface area contributed by atoms with Crippen LogP contribution in [-0.4, -0.2) is 16.5 Å². The van der Waals surface area contributed by atoms with E-state index in [0.717, 1.165) is 23.8 Å². The van der Waals surface area contributed by atoms with Crippen LogP contribution in [0.1, 0.15) is 5.56 Å². The standard InChI is InChI=1S/C15H12F2N2O/c1-20-9-10-4-5-19-8-14(18-15(19)6-10)12-7-11(16)2-3-13(12)17/h2-8H,9H2,1H3. The van der Waals surface area contributed by atoms with Gasteiger partial charge in [0.05, 0.1) is 12.3 Å². The van der Waals surface area contributed by atoms with Crippen LogP contribution in [0.5, 0.6) is 0 Å². The molecule has 0 aliphatic heterocycles. The Morgan fingerprint density at radius 2 is 2.05 bits per heavy atom. The third-order valence-corrected chi connectivity index (χ3v) is 3.04. The largest absolute Gasteiger partial charge is 0.380 e. The van der Waals surface area contributed by atoms with E-state index >= 15 is 0 Å². The lowest BCUT2D eigenvalue weighted by molar-refractivity contribution is 0.185. The van der Waals surface area contributed by atoms with E-state index in [2.05, 4.69) is 4.98 Å². The summed E-state index contributed by atoms with van der Waals surface area (Å²) < 4.78 is 33.8. The summed E-state index contributed by atoms with van der Waals surface area (Å²) in [5, 5.41) is 0. The average molecular weight is 274 g/mol. The van der Waals surface area contributed by atoms with Crippen molar-refractivity contribution >= 4 is 5.65 Å². The lowest BCUT2D eigenvalue weighted by atomic mass is 10.1. The summed E-state index contributed by atoms with van der Waals surface area (Å²) in [5.74, 6) is -0.981. The molecule has 1 aromatic carbocycles. The van der Waals surface area contributed by atoms with Gasteiger partial charge in [-0.2, -0.15) is 0 Å². The minimum Gasteiger partial charge on any atom is -0.380 e. The van der Waals surface area contributed by atoms with Gasteiger partial charge in [0.15, 0.2) is 0 Å². The number of benzene rings is 1. The molecule has 0 N–H and O–H groups in total. The zero-order valence-electron chi connectivity index (χ0n) is 10.8. The lowest BCUT2D eigenvalue weighted by Crippen LogP contribution is -1.90. The number of nitrogens with zero attached hydrogens (tertiary/aromatic N) is 2. The molecule has 0 spiro atoms. The van der Waals surface area contributed by atoms with Gasteiger partial charge in [0.2, 0.25) is 0 Å². The zero-order chi connectivity index (χ0) is 14.1. The third-order valence-electron chi connectivity index (χ3n) is 3.04. The fourth-order valence-electron chi connectivity index (χ4n) is 2.10. The molecule has 0 aliphatic rings. The van der Waals surface area contributed by atoms with Crippen LogP contribution in [-0.2, 0) is 11.3 Å². The van der Waals surface area contributed by atoms with Crippen LogP contribution in [0, 0.1) is 11.6 Å². The molecule has 0 saturated carbocycles. The molecule has 20 heavy (non-hydrogen) atoms. The van der Waals surface area contributed by atoms with E-state index in [1.807, 2.05) is 18.3 Å². The Bertz CT molecular complexity index is 768. The van der Waals surface area contributed by atoms with Crippen molar-refractivity contribution < 1.29 is 13.5 Å². The van der Waals surface area contributed by atoms with E-state index in [-0.39, 0.29) is 5.56 Å². The number of halogens is 2. The molecule has 2 heterocycles. The minimum absolute atomic E-state index is 0.155. The normalized spacial score (nSPS) is 11.2. The number of pyridine rings is 1. The maximum atomic E-state index is 13.7. The Morgan fingerprint density at radius 1 is 1.20 bits per heavy atom. The Hall–Kier alpha value is -2.27. The highest BCUT2D eigenvalue weighted by molar-refractivity contribution is 5.63. The Labute approximate surface area is 114 Å². The molecule has 3 nitrogen and oxygen atoms in total. The second-order valence-corrected chi connectivity index (χ2v) is 4.48. The Balaban J connectivity index is 2.10. The summed E-state index contributed by atoms with van der Waals surface area (Å²) in [4.78, 5) is 4.33. The molecule has 3 rings (SSSR count). The number of methoxy groups -OCH3 is 1. The predicted octanol–water partition coefficient (Wildman–Crippen LogP) is 3.43. The molecule has 0 radical (unpaired) electrons. The van der Waals surface area contributed by atoms with Crippen LogP contribution in [0.25, 0.3) is 16.9 Å². The fraction of sp³-hybridized carbons (Fsp3) is 0.133. The maximum Gasteiger partial charge on any atom is 0.137 e. The highest BCUT2D eigenvalue weighted by atomic mass is 19.1. The van der Waals surface area contributed by atoms with Crippen molar-refractivity contribution in [2.45, 2.75) is 6.61 Å². The van der Waals surface area contributed by atoms with Crippen molar-refractivity contribution in [1.29, 1.82) is 0 Å². The van der Waals surface area contributed by atoms with Crippen molar-refractivity contribution in [3.8, 4) is 11.3 Å². The number of ether oxygens (including phenoxy) is 1. The van der Waals surface area contributed by atoms with Gasteiger partial charge in [-0.15, -0.1) is 0 Å². The maximum absolute atomic E-state index is 13.7. The molecule has 0 aliphatic carbocycles. The Morgan fingerprint density at radius 3 is 2.85 bits per heavy atom. The quantitative estimate of drug-likeness (QED) is 0.731. The first kappa shape index (κ1) is 12.7. The SMILES string of the molecule is COCc1ccn2cc(-c3cc(F)ccc3F)nc2c1. The summed E-state index contributed by atoms with van der Waals surface area (Å²) in [6.45, 7) is 0.479. The summed E-state index contributed by atoms with van der Waals surface area (Å²) >= 11 is 0. The van der Waals surface area contributed by atoms with Crippen LogP contribution in [0.4, 0.5) is 8.78 Å². The van der Waals surface area contributed by atoms with Gasteiger partial charge < -0.3 is 9.14 Å². The van der Waals surface area contributed by atoms with Gasteiger partial charge in [0, 0.05) is 25.1 Å². The number of rotatable bonds is 3. The van der Waals surface area contributed by atoms with Crippen LogP contribution < -0.4 is 0 Å². The van der Waals surface area contributed by atoms with Crippen molar-refractivity contribution in [1.82, 2.24) is 9.38 Å². The van der Waals surface area contributed by atoms with Gasteiger partial charge in [-0.1, -0.05) is 0 Å². The fourth-order valence-corrected chi connectivity index (χ4v) is 2.10. The minimum atomic E-state index is -0.494. The first-order chi connectivity index (χ1) is 9.67. The number of hydrogen-bond donors (Lipinski definition) is 0.